The zero-order valence-corrected chi connectivity index (χ0v) is 8.62. The first-order valence-corrected chi connectivity index (χ1v) is 4.90. The molecule has 0 aliphatic carbocycles. The Bertz CT molecular complexity index is 266. The van der Waals surface area contributed by atoms with E-state index in [4.69, 9.17) is 4.74 Å². The quantitative estimate of drug-likeness (QED) is 0.550. The topological polar surface area (TPSA) is 21.3 Å². The summed E-state index contributed by atoms with van der Waals surface area (Å²) in [6.45, 7) is 8.06. The molecule has 1 N–H and O–H groups in total. The van der Waals surface area contributed by atoms with Gasteiger partial charge in [-0.05, 0) is 24.6 Å². The molecule has 0 aromatic heterocycles. The molecule has 1 rings (SSSR count). The van der Waals surface area contributed by atoms with Gasteiger partial charge in [-0.15, -0.1) is 6.58 Å². The molecule has 0 atom stereocenters. The molecule has 0 radical (unpaired) electrons. The van der Waals surface area contributed by atoms with Gasteiger partial charge in [0.2, 0.25) is 0 Å². The first-order valence-electron chi connectivity index (χ1n) is 4.90. The molecule has 1 aromatic rings. The largest absolute Gasteiger partial charge is 0.494 e. The van der Waals surface area contributed by atoms with E-state index in [9.17, 15) is 0 Å². The number of nitrogens with one attached hydrogen (secondary N) is 1. The molecule has 76 valence electrons. The summed E-state index contributed by atoms with van der Waals surface area (Å²) < 4.78 is 5.35. The van der Waals surface area contributed by atoms with Crippen LogP contribution in [0.2, 0.25) is 0 Å². The van der Waals surface area contributed by atoms with Crippen molar-refractivity contribution in [2.75, 3.05) is 13.2 Å². The Morgan fingerprint density at radius 3 is 2.64 bits per heavy atom. The second kappa shape index (κ2) is 6.22. The predicted molar refractivity (Wildman–Crippen MR) is 59.5 cm³/mol. The maximum absolute atomic E-state index is 5.35. The molecule has 0 saturated heterocycles. The van der Waals surface area contributed by atoms with E-state index < -0.39 is 0 Å². The van der Waals surface area contributed by atoms with Crippen molar-refractivity contribution in [1.29, 1.82) is 0 Å². The maximum atomic E-state index is 5.35. The van der Waals surface area contributed by atoms with Crippen LogP contribution in [-0.2, 0) is 6.54 Å². The lowest BCUT2D eigenvalue weighted by Crippen LogP contribution is -2.12. The summed E-state index contributed by atoms with van der Waals surface area (Å²) >= 11 is 0. The smallest absolute Gasteiger partial charge is 0.119 e. The summed E-state index contributed by atoms with van der Waals surface area (Å²) in [7, 11) is 0. The number of hydrogen-bond donors (Lipinski definition) is 1. The lowest BCUT2D eigenvalue weighted by Gasteiger charge is -2.05. The van der Waals surface area contributed by atoms with Gasteiger partial charge >= 0.3 is 0 Å². The monoisotopic (exact) mass is 191 g/mol. The Kier molecular flexibility index (Phi) is 4.79. The minimum atomic E-state index is 0.716. The fraction of sp³-hybridized carbons (Fsp3) is 0.333. The third-order valence-electron chi connectivity index (χ3n) is 1.85. The third kappa shape index (κ3) is 3.62. The average molecular weight is 191 g/mol. The Hall–Kier alpha value is -1.28. The van der Waals surface area contributed by atoms with Gasteiger partial charge in [-0.3, -0.25) is 0 Å². The van der Waals surface area contributed by atoms with Crippen LogP contribution < -0.4 is 10.1 Å². The molecule has 14 heavy (non-hydrogen) atoms. The summed E-state index contributed by atoms with van der Waals surface area (Å²) in [6.07, 6.45) is 1.86. The van der Waals surface area contributed by atoms with Crippen LogP contribution in [0.15, 0.2) is 36.9 Å². The van der Waals surface area contributed by atoms with Gasteiger partial charge in [0.25, 0.3) is 0 Å². The Morgan fingerprint density at radius 1 is 1.36 bits per heavy atom. The molecule has 0 heterocycles. The van der Waals surface area contributed by atoms with Crippen molar-refractivity contribution < 1.29 is 4.74 Å². The molecule has 0 saturated carbocycles. The van der Waals surface area contributed by atoms with Gasteiger partial charge in [-0.1, -0.05) is 18.2 Å². The molecular formula is C12H17NO. The molecule has 2 heteroatoms. The van der Waals surface area contributed by atoms with Gasteiger partial charge in [-0.2, -0.15) is 0 Å². The van der Waals surface area contributed by atoms with Crippen molar-refractivity contribution in [3.63, 3.8) is 0 Å². The zero-order valence-electron chi connectivity index (χ0n) is 8.62. The Labute approximate surface area is 85.6 Å². The van der Waals surface area contributed by atoms with E-state index in [2.05, 4.69) is 24.0 Å². The van der Waals surface area contributed by atoms with E-state index in [1.165, 1.54) is 5.56 Å². The van der Waals surface area contributed by atoms with E-state index in [1.807, 2.05) is 25.1 Å². The average Bonchev–Trinajstić information content (AvgIpc) is 2.21. The van der Waals surface area contributed by atoms with Crippen molar-refractivity contribution in [1.82, 2.24) is 5.32 Å². The molecular weight excluding hydrogens is 174 g/mol. The Morgan fingerprint density at radius 2 is 2.07 bits per heavy atom. The highest BCUT2D eigenvalue weighted by Gasteiger charge is 1.93. The number of ether oxygens (including phenoxy) is 1. The van der Waals surface area contributed by atoms with Crippen LogP contribution in [0, 0.1) is 0 Å². The molecule has 0 aliphatic rings. The van der Waals surface area contributed by atoms with E-state index in [-0.39, 0.29) is 0 Å². The first kappa shape index (κ1) is 10.8. The highest BCUT2D eigenvalue weighted by atomic mass is 16.5. The molecule has 0 spiro atoms. The lowest BCUT2D eigenvalue weighted by molar-refractivity contribution is 0.340. The van der Waals surface area contributed by atoms with Gasteiger partial charge in [0.05, 0.1) is 6.61 Å². The summed E-state index contributed by atoms with van der Waals surface area (Å²) in [5, 5.41) is 3.24. The zero-order chi connectivity index (χ0) is 10.2. The minimum absolute atomic E-state index is 0.716. The standard InChI is InChI=1S/C12H17NO/c1-3-9-13-10-11-5-7-12(8-6-11)14-4-2/h3,5-8,13H,1,4,9-10H2,2H3. The second-order valence-corrected chi connectivity index (χ2v) is 3.00. The molecule has 0 amide bonds. The SMILES string of the molecule is C=CCNCc1ccc(OCC)cc1. The maximum Gasteiger partial charge on any atom is 0.119 e. The number of hydrogen-bond acceptors (Lipinski definition) is 2. The molecule has 0 aliphatic heterocycles. The fourth-order valence-electron chi connectivity index (χ4n) is 1.19. The minimum Gasteiger partial charge on any atom is -0.494 e. The van der Waals surface area contributed by atoms with Crippen molar-refractivity contribution in [3.8, 4) is 5.75 Å². The van der Waals surface area contributed by atoms with Crippen LogP contribution in [0.25, 0.3) is 0 Å². The highest BCUT2D eigenvalue weighted by molar-refractivity contribution is 5.27. The van der Waals surface area contributed by atoms with Gasteiger partial charge in [0, 0.05) is 13.1 Å². The van der Waals surface area contributed by atoms with Crippen LogP contribution >= 0.6 is 0 Å². The van der Waals surface area contributed by atoms with Gasteiger partial charge < -0.3 is 10.1 Å². The summed E-state index contributed by atoms with van der Waals surface area (Å²) in [5.41, 5.74) is 1.26. The Balaban J connectivity index is 2.42. The summed E-state index contributed by atoms with van der Waals surface area (Å²) in [4.78, 5) is 0. The molecule has 1 aromatic carbocycles. The molecule has 0 bridgehead atoms. The van der Waals surface area contributed by atoms with Crippen LogP contribution in [0.3, 0.4) is 0 Å². The van der Waals surface area contributed by atoms with Crippen molar-refractivity contribution in [2.24, 2.45) is 0 Å². The van der Waals surface area contributed by atoms with Crippen LogP contribution in [0.1, 0.15) is 12.5 Å². The molecule has 0 fully saturated rings. The van der Waals surface area contributed by atoms with Crippen LogP contribution in [-0.4, -0.2) is 13.2 Å². The van der Waals surface area contributed by atoms with Crippen LogP contribution in [0.4, 0.5) is 0 Å². The van der Waals surface area contributed by atoms with Crippen LogP contribution in [0.5, 0.6) is 5.75 Å². The molecule has 0 unspecified atom stereocenters. The van der Waals surface area contributed by atoms with E-state index in [0.717, 1.165) is 18.8 Å². The van der Waals surface area contributed by atoms with Crippen molar-refractivity contribution >= 4 is 0 Å². The lowest BCUT2D eigenvalue weighted by atomic mass is 10.2. The predicted octanol–water partition coefficient (Wildman–Crippen LogP) is 2.36. The second-order valence-electron chi connectivity index (χ2n) is 3.00. The molecule has 2 nitrogen and oxygen atoms in total. The van der Waals surface area contributed by atoms with Crippen molar-refractivity contribution in [2.45, 2.75) is 13.5 Å². The van der Waals surface area contributed by atoms with E-state index in [0.29, 0.717) is 6.61 Å². The van der Waals surface area contributed by atoms with E-state index in [1.54, 1.807) is 0 Å². The van der Waals surface area contributed by atoms with Gasteiger partial charge in [0.15, 0.2) is 0 Å². The number of benzene rings is 1. The summed E-state index contributed by atoms with van der Waals surface area (Å²) in [6, 6.07) is 8.13. The van der Waals surface area contributed by atoms with Crippen molar-refractivity contribution in [3.05, 3.63) is 42.5 Å². The van der Waals surface area contributed by atoms with Gasteiger partial charge in [-0.25, -0.2) is 0 Å². The fourth-order valence-corrected chi connectivity index (χ4v) is 1.19. The van der Waals surface area contributed by atoms with E-state index >= 15 is 0 Å². The third-order valence-corrected chi connectivity index (χ3v) is 1.85. The van der Waals surface area contributed by atoms with Gasteiger partial charge in [0.1, 0.15) is 5.75 Å². The summed E-state index contributed by atoms with van der Waals surface area (Å²) in [5.74, 6) is 0.931. The normalized spacial score (nSPS) is 9.79. The highest BCUT2D eigenvalue weighted by Crippen LogP contribution is 2.11. The first-order chi connectivity index (χ1) is 6.86. The number of rotatable bonds is 6.